The van der Waals surface area contributed by atoms with Crippen molar-refractivity contribution in [3.05, 3.63) is 57.8 Å². The Morgan fingerprint density at radius 1 is 1.26 bits per heavy atom. The molecular weight excluding hydrogens is 362 g/mol. The predicted octanol–water partition coefficient (Wildman–Crippen LogP) is 3.82. The largest absolute Gasteiger partial charge is 0.403 e. The maximum absolute atomic E-state index is 14.6. The highest BCUT2D eigenvalue weighted by Gasteiger charge is 2.60. The Hall–Kier alpha value is -2.35. The van der Waals surface area contributed by atoms with Crippen molar-refractivity contribution in [1.82, 2.24) is 9.88 Å². The Morgan fingerprint density at radius 2 is 1.96 bits per heavy atom. The van der Waals surface area contributed by atoms with Crippen molar-refractivity contribution in [2.45, 2.75) is 37.9 Å². The van der Waals surface area contributed by atoms with Gasteiger partial charge in [-0.1, -0.05) is 6.92 Å². The van der Waals surface area contributed by atoms with E-state index in [1.165, 1.54) is 29.9 Å². The van der Waals surface area contributed by atoms with E-state index in [0.29, 0.717) is 6.42 Å². The zero-order chi connectivity index (χ0) is 20.0. The lowest BCUT2D eigenvalue weighted by atomic mass is 9.70. The summed E-state index contributed by atoms with van der Waals surface area (Å²) >= 11 is 0. The van der Waals surface area contributed by atoms with Crippen LogP contribution in [0.2, 0.25) is 0 Å². The number of hydrogen-bond donors (Lipinski definition) is 2. The minimum absolute atomic E-state index is 0.0791. The molecular formula is C19H21F4N3O. The first-order valence-electron chi connectivity index (χ1n) is 8.69. The third kappa shape index (κ3) is 3.01. The van der Waals surface area contributed by atoms with Crippen LogP contribution in [-0.4, -0.2) is 23.3 Å². The van der Waals surface area contributed by atoms with Crippen molar-refractivity contribution in [2.24, 2.45) is 7.05 Å². The van der Waals surface area contributed by atoms with E-state index in [2.05, 4.69) is 10.6 Å². The number of alkyl halides is 3. The van der Waals surface area contributed by atoms with Gasteiger partial charge in [-0.2, -0.15) is 13.2 Å². The van der Waals surface area contributed by atoms with Crippen LogP contribution in [0.15, 0.2) is 35.3 Å². The van der Waals surface area contributed by atoms with Crippen molar-refractivity contribution in [3.63, 3.8) is 0 Å². The molecule has 1 aliphatic rings. The summed E-state index contributed by atoms with van der Waals surface area (Å²) < 4.78 is 58.9. The molecule has 1 aromatic carbocycles. The summed E-state index contributed by atoms with van der Waals surface area (Å²) in [6.45, 7) is 3.14. The summed E-state index contributed by atoms with van der Waals surface area (Å²) in [5, 5.41) is 5.68. The second-order valence-corrected chi connectivity index (χ2v) is 6.93. The molecule has 0 aliphatic carbocycles. The van der Waals surface area contributed by atoms with E-state index in [0.717, 1.165) is 12.1 Å². The van der Waals surface area contributed by atoms with Crippen molar-refractivity contribution in [2.75, 3.05) is 11.9 Å². The molecule has 27 heavy (non-hydrogen) atoms. The lowest BCUT2D eigenvalue weighted by molar-refractivity contribution is -0.177. The number of hydrogen-bond acceptors (Lipinski definition) is 3. The van der Waals surface area contributed by atoms with E-state index in [4.69, 9.17) is 0 Å². The molecule has 2 N–H and O–H groups in total. The quantitative estimate of drug-likeness (QED) is 0.789. The monoisotopic (exact) mass is 383 g/mol. The Balaban J connectivity index is 2.35. The van der Waals surface area contributed by atoms with Crippen molar-refractivity contribution >= 4 is 11.4 Å². The number of nitrogens with one attached hydrogen (secondary N) is 2. The second-order valence-electron chi connectivity index (χ2n) is 6.93. The maximum Gasteiger partial charge on any atom is 0.403 e. The summed E-state index contributed by atoms with van der Waals surface area (Å²) in [6.07, 6.45) is -2.82. The van der Waals surface area contributed by atoms with Gasteiger partial charge in [0.15, 0.2) is 0 Å². The van der Waals surface area contributed by atoms with E-state index < -0.39 is 29.5 Å². The molecule has 2 unspecified atom stereocenters. The number of nitrogens with zero attached hydrogens (tertiary/aromatic N) is 1. The summed E-state index contributed by atoms with van der Waals surface area (Å²) in [6, 6.07) is 4.32. The Kier molecular flexibility index (Phi) is 4.80. The standard InChI is InChI=1S/C19H21F4N3O/c1-4-11(2)24-10-18(19(21,22)23)13-7-8-26(3)17(27)16(13)25-15-6-5-12(20)9-14(15)18/h5-9,11,24-25H,4,10H2,1-3H3. The van der Waals surface area contributed by atoms with Crippen LogP contribution < -0.4 is 16.2 Å². The number of fused-ring (bicyclic) bond motifs is 2. The van der Waals surface area contributed by atoms with Gasteiger partial charge in [-0.15, -0.1) is 0 Å². The van der Waals surface area contributed by atoms with Gasteiger partial charge in [0.25, 0.3) is 5.56 Å². The summed E-state index contributed by atoms with van der Waals surface area (Å²) in [5.41, 5.74) is -3.60. The van der Waals surface area contributed by atoms with Crippen molar-refractivity contribution in [3.8, 4) is 0 Å². The van der Waals surface area contributed by atoms with Gasteiger partial charge >= 0.3 is 6.18 Å². The Labute approximate surface area is 154 Å². The normalized spacial score (nSPS) is 19.8. The fourth-order valence-corrected chi connectivity index (χ4v) is 3.43. The number of aromatic nitrogens is 1. The highest BCUT2D eigenvalue weighted by molar-refractivity contribution is 5.76. The molecule has 1 aliphatic heterocycles. The van der Waals surface area contributed by atoms with Crippen molar-refractivity contribution in [1.29, 1.82) is 0 Å². The zero-order valence-corrected chi connectivity index (χ0v) is 15.2. The van der Waals surface area contributed by atoms with Crippen LogP contribution >= 0.6 is 0 Å². The molecule has 8 heteroatoms. The van der Waals surface area contributed by atoms with E-state index in [9.17, 15) is 22.4 Å². The first-order valence-corrected chi connectivity index (χ1v) is 8.69. The van der Waals surface area contributed by atoms with E-state index in [1.807, 2.05) is 6.92 Å². The third-order valence-corrected chi connectivity index (χ3v) is 5.24. The molecule has 0 spiro atoms. The van der Waals surface area contributed by atoms with Gasteiger partial charge in [-0.25, -0.2) is 4.39 Å². The van der Waals surface area contributed by atoms with Crippen LogP contribution in [-0.2, 0) is 12.5 Å². The van der Waals surface area contributed by atoms with E-state index >= 15 is 0 Å². The van der Waals surface area contributed by atoms with Gasteiger partial charge in [-0.3, -0.25) is 4.79 Å². The van der Waals surface area contributed by atoms with Crippen LogP contribution in [0.5, 0.6) is 0 Å². The number of halogens is 4. The highest BCUT2D eigenvalue weighted by Crippen LogP contribution is 2.53. The van der Waals surface area contributed by atoms with Gasteiger partial charge in [0.2, 0.25) is 0 Å². The molecule has 0 radical (unpaired) electrons. The van der Waals surface area contributed by atoms with Crippen LogP contribution in [0, 0.1) is 5.82 Å². The molecule has 0 saturated heterocycles. The Morgan fingerprint density at radius 3 is 2.59 bits per heavy atom. The van der Waals surface area contributed by atoms with Crippen LogP contribution in [0.4, 0.5) is 28.9 Å². The third-order valence-electron chi connectivity index (χ3n) is 5.24. The van der Waals surface area contributed by atoms with Crippen molar-refractivity contribution < 1.29 is 17.6 Å². The van der Waals surface area contributed by atoms with Gasteiger partial charge in [0.1, 0.15) is 16.9 Å². The minimum atomic E-state index is -4.75. The van der Waals surface area contributed by atoms with E-state index in [-0.39, 0.29) is 28.5 Å². The molecule has 2 atom stereocenters. The lowest BCUT2D eigenvalue weighted by Gasteiger charge is -2.42. The van der Waals surface area contributed by atoms with Crippen LogP contribution in [0.1, 0.15) is 31.4 Å². The minimum Gasteiger partial charge on any atom is -0.350 e. The Bertz CT molecular complexity index is 922. The SMILES string of the molecule is CCC(C)NCC1(C(F)(F)F)c2cc(F)ccc2Nc2c1ccn(C)c2=O. The molecule has 0 fully saturated rings. The number of aryl methyl sites for hydroxylation is 1. The first-order chi connectivity index (χ1) is 12.6. The van der Waals surface area contributed by atoms with Gasteiger partial charge in [-0.05, 0) is 43.2 Å². The highest BCUT2D eigenvalue weighted by atomic mass is 19.4. The summed E-state index contributed by atoms with van der Waals surface area (Å²) in [7, 11) is 1.47. The fraction of sp³-hybridized carbons (Fsp3) is 0.421. The number of pyridine rings is 1. The van der Waals surface area contributed by atoms with Crippen LogP contribution in [0.3, 0.4) is 0 Å². The molecule has 3 rings (SSSR count). The number of benzene rings is 1. The molecule has 0 amide bonds. The molecule has 2 aromatic rings. The maximum atomic E-state index is 14.6. The summed E-state index contributed by atoms with van der Waals surface area (Å²) in [4.78, 5) is 12.5. The average molecular weight is 383 g/mol. The van der Waals surface area contributed by atoms with E-state index in [1.54, 1.807) is 6.92 Å². The van der Waals surface area contributed by atoms with Gasteiger partial charge in [0.05, 0.1) is 0 Å². The van der Waals surface area contributed by atoms with Gasteiger partial charge < -0.3 is 15.2 Å². The molecule has 1 aromatic heterocycles. The van der Waals surface area contributed by atoms with Gasteiger partial charge in [0, 0.05) is 37.1 Å². The zero-order valence-electron chi connectivity index (χ0n) is 15.2. The number of anilines is 2. The molecule has 4 nitrogen and oxygen atoms in total. The lowest BCUT2D eigenvalue weighted by Crippen LogP contribution is -2.54. The molecule has 0 saturated carbocycles. The first kappa shape index (κ1) is 19.4. The average Bonchev–Trinajstić information content (AvgIpc) is 2.61. The summed E-state index contributed by atoms with van der Waals surface area (Å²) in [5.74, 6) is -0.764. The fourth-order valence-electron chi connectivity index (χ4n) is 3.43. The molecule has 0 bridgehead atoms. The smallest absolute Gasteiger partial charge is 0.350 e. The number of rotatable bonds is 4. The molecule has 146 valence electrons. The second kappa shape index (κ2) is 6.67. The topological polar surface area (TPSA) is 46.1 Å². The van der Waals surface area contributed by atoms with Crippen LogP contribution in [0.25, 0.3) is 0 Å². The predicted molar refractivity (Wildman–Crippen MR) is 96.0 cm³/mol. The molecule has 2 heterocycles.